The molecular weight excluding hydrogens is 412 g/mol. The molecule has 0 atom stereocenters. The van der Waals surface area contributed by atoms with Crippen molar-refractivity contribution in [2.75, 3.05) is 22.9 Å². The summed E-state index contributed by atoms with van der Waals surface area (Å²) in [6.07, 6.45) is 0.264. The van der Waals surface area contributed by atoms with Crippen molar-refractivity contribution in [3.8, 4) is 5.75 Å². The van der Waals surface area contributed by atoms with Gasteiger partial charge >= 0.3 is 0 Å². The van der Waals surface area contributed by atoms with Crippen LogP contribution >= 0.6 is 0 Å². The van der Waals surface area contributed by atoms with Gasteiger partial charge in [0.15, 0.2) is 0 Å². The molecule has 0 aliphatic carbocycles. The van der Waals surface area contributed by atoms with Crippen molar-refractivity contribution in [1.82, 2.24) is 0 Å². The molecule has 6 nitrogen and oxygen atoms in total. The summed E-state index contributed by atoms with van der Waals surface area (Å²) in [4.78, 5) is 12.9. The number of sulfonamides is 1. The Kier molecular flexibility index (Phi) is 7.31. The van der Waals surface area contributed by atoms with Crippen LogP contribution in [0.4, 0.5) is 11.4 Å². The predicted molar refractivity (Wildman–Crippen MR) is 124 cm³/mol. The van der Waals surface area contributed by atoms with Crippen LogP contribution in [0.25, 0.3) is 0 Å². The molecule has 162 valence electrons. The highest BCUT2D eigenvalue weighted by molar-refractivity contribution is 7.92. The highest BCUT2D eigenvalue weighted by atomic mass is 32.2. The number of benzene rings is 3. The molecule has 0 aliphatic heterocycles. The Hall–Kier alpha value is -3.32. The van der Waals surface area contributed by atoms with Crippen molar-refractivity contribution in [2.45, 2.75) is 19.3 Å². The fourth-order valence-corrected chi connectivity index (χ4v) is 3.94. The zero-order chi connectivity index (χ0) is 22.3. The molecular formula is C24H26N2O4S. The lowest BCUT2D eigenvalue weighted by Gasteiger charge is -2.18. The number of carbonyl (C=O) groups is 1. The summed E-state index contributed by atoms with van der Waals surface area (Å²) >= 11 is 0. The van der Waals surface area contributed by atoms with E-state index in [0.717, 1.165) is 11.1 Å². The SMILES string of the molecule is CCS(=O)(=O)Nc1ccc(NC(=O)CC(c2ccccc2)c2ccccc2)cc1OC. The van der Waals surface area contributed by atoms with E-state index in [2.05, 4.69) is 10.0 Å². The lowest BCUT2D eigenvalue weighted by Crippen LogP contribution is -2.17. The summed E-state index contributed by atoms with van der Waals surface area (Å²) in [5.74, 6) is 0.0497. The first kappa shape index (κ1) is 22.4. The van der Waals surface area contributed by atoms with Gasteiger partial charge in [-0.1, -0.05) is 60.7 Å². The molecule has 2 N–H and O–H groups in total. The summed E-state index contributed by atoms with van der Waals surface area (Å²) in [6.45, 7) is 1.55. The molecule has 3 rings (SSSR count). The molecule has 3 aromatic rings. The van der Waals surface area contributed by atoms with Crippen LogP contribution in [0.2, 0.25) is 0 Å². The van der Waals surface area contributed by atoms with Gasteiger partial charge in [-0.25, -0.2) is 8.42 Å². The van der Waals surface area contributed by atoms with Crippen LogP contribution in [0.15, 0.2) is 78.9 Å². The Bertz CT molecular complexity index is 1080. The smallest absolute Gasteiger partial charge is 0.232 e. The molecule has 0 radical (unpaired) electrons. The van der Waals surface area contributed by atoms with Crippen LogP contribution in [0.1, 0.15) is 30.4 Å². The van der Waals surface area contributed by atoms with E-state index in [-0.39, 0.29) is 24.0 Å². The third-order valence-corrected chi connectivity index (χ3v) is 6.22. The second kappa shape index (κ2) is 10.1. The van der Waals surface area contributed by atoms with Crippen molar-refractivity contribution < 1.29 is 17.9 Å². The van der Waals surface area contributed by atoms with Crippen molar-refractivity contribution in [3.63, 3.8) is 0 Å². The van der Waals surface area contributed by atoms with E-state index < -0.39 is 10.0 Å². The summed E-state index contributed by atoms with van der Waals surface area (Å²) in [5.41, 5.74) is 2.98. The second-order valence-corrected chi connectivity index (χ2v) is 9.06. The minimum atomic E-state index is -3.44. The van der Waals surface area contributed by atoms with Gasteiger partial charge < -0.3 is 10.1 Å². The molecule has 3 aromatic carbocycles. The normalized spacial score (nSPS) is 11.2. The highest BCUT2D eigenvalue weighted by Crippen LogP contribution is 2.31. The van der Waals surface area contributed by atoms with Crippen molar-refractivity contribution >= 4 is 27.3 Å². The second-order valence-electron chi connectivity index (χ2n) is 7.05. The minimum absolute atomic E-state index is 0.0466. The van der Waals surface area contributed by atoms with E-state index in [0.29, 0.717) is 17.1 Å². The Morgan fingerprint density at radius 3 is 2.03 bits per heavy atom. The third kappa shape index (κ3) is 6.08. The standard InChI is InChI=1S/C24H26N2O4S/c1-3-31(28,29)26-22-15-14-20(16-23(22)30-2)25-24(27)17-21(18-10-6-4-7-11-18)19-12-8-5-9-13-19/h4-16,21,26H,3,17H2,1-2H3,(H,25,27). The number of amides is 1. The lowest BCUT2D eigenvalue weighted by atomic mass is 9.88. The number of hydrogen-bond donors (Lipinski definition) is 2. The molecule has 0 aromatic heterocycles. The number of carbonyl (C=O) groups excluding carboxylic acids is 1. The predicted octanol–water partition coefficient (Wildman–Crippen LogP) is 4.62. The first-order chi connectivity index (χ1) is 14.9. The van der Waals surface area contributed by atoms with E-state index in [1.807, 2.05) is 60.7 Å². The van der Waals surface area contributed by atoms with E-state index >= 15 is 0 Å². The van der Waals surface area contributed by atoms with Gasteiger partial charge in [0.05, 0.1) is 18.6 Å². The van der Waals surface area contributed by atoms with Crippen molar-refractivity contribution in [3.05, 3.63) is 90.0 Å². The average molecular weight is 439 g/mol. The van der Waals surface area contributed by atoms with Gasteiger partial charge in [-0.05, 0) is 30.2 Å². The van der Waals surface area contributed by atoms with Gasteiger partial charge in [-0.15, -0.1) is 0 Å². The van der Waals surface area contributed by atoms with Crippen LogP contribution < -0.4 is 14.8 Å². The van der Waals surface area contributed by atoms with Crippen molar-refractivity contribution in [1.29, 1.82) is 0 Å². The maximum atomic E-state index is 12.9. The van der Waals surface area contributed by atoms with Gasteiger partial charge in [0.2, 0.25) is 15.9 Å². The van der Waals surface area contributed by atoms with Gasteiger partial charge in [0.1, 0.15) is 5.75 Å². The number of ether oxygens (including phenoxy) is 1. The lowest BCUT2D eigenvalue weighted by molar-refractivity contribution is -0.116. The molecule has 0 saturated carbocycles. The molecule has 0 heterocycles. The Balaban J connectivity index is 1.78. The first-order valence-electron chi connectivity index (χ1n) is 10.00. The van der Waals surface area contributed by atoms with Crippen LogP contribution in [-0.4, -0.2) is 27.2 Å². The molecule has 0 unspecified atom stereocenters. The van der Waals surface area contributed by atoms with Crippen molar-refractivity contribution in [2.24, 2.45) is 0 Å². The molecule has 7 heteroatoms. The monoisotopic (exact) mass is 438 g/mol. The molecule has 1 amide bonds. The Labute approximate surface area is 183 Å². The molecule has 0 bridgehead atoms. The van der Waals surface area contributed by atoms with E-state index in [4.69, 9.17) is 4.74 Å². The fraction of sp³-hybridized carbons (Fsp3) is 0.208. The topological polar surface area (TPSA) is 84.5 Å². The zero-order valence-electron chi connectivity index (χ0n) is 17.5. The zero-order valence-corrected chi connectivity index (χ0v) is 18.4. The Morgan fingerprint density at radius 2 is 1.52 bits per heavy atom. The number of hydrogen-bond acceptors (Lipinski definition) is 4. The number of anilines is 2. The minimum Gasteiger partial charge on any atom is -0.494 e. The van der Waals surface area contributed by atoms with Crippen LogP contribution in [0.5, 0.6) is 5.75 Å². The highest BCUT2D eigenvalue weighted by Gasteiger charge is 2.19. The maximum absolute atomic E-state index is 12.9. The average Bonchev–Trinajstić information content (AvgIpc) is 2.79. The number of methoxy groups -OCH3 is 1. The summed E-state index contributed by atoms with van der Waals surface area (Å²) in [6, 6.07) is 24.6. The summed E-state index contributed by atoms with van der Waals surface area (Å²) in [7, 11) is -1.99. The molecule has 0 aliphatic rings. The van der Waals surface area contributed by atoms with Gasteiger partial charge in [0, 0.05) is 24.1 Å². The van der Waals surface area contributed by atoms with E-state index in [1.54, 1.807) is 25.1 Å². The molecule has 31 heavy (non-hydrogen) atoms. The molecule has 0 spiro atoms. The fourth-order valence-electron chi connectivity index (χ4n) is 3.29. The van der Waals surface area contributed by atoms with Gasteiger partial charge in [-0.3, -0.25) is 9.52 Å². The first-order valence-corrected chi connectivity index (χ1v) is 11.7. The molecule has 0 fully saturated rings. The maximum Gasteiger partial charge on any atom is 0.232 e. The Morgan fingerprint density at radius 1 is 0.935 bits per heavy atom. The van der Waals surface area contributed by atoms with Crippen LogP contribution in [-0.2, 0) is 14.8 Å². The van der Waals surface area contributed by atoms with Gasteiger partial charge in [-0.2, -0.15) is 0 Å². The summed E-state index contributed by atoms with van der Waals surface area (Å²) < 4.78 is 31.5. The number of nitrogens with one attached hydrogen (secondary N) is 2. The third-order valence-electron chi connectivity index (χ3n) is 4.92. The van der Waals surface area contributed by atoms with Crippen LogP contribution in [0, 0.1) is 0 Å². The van der Waals surface area contributed by atoms with E-state index in [1.165, 1.54) is 7.11 Å². The quantitative estimate of drug-likeness (QED) is 0.511. The number of rotatable bonds is 9. The molecule has 0 saturated heterocycles. The largest absolute Gasteiger partial charge is 0.494 e. The van der Waals surface area contributed by atoms with Gasteiger partial charge in [0.25, 0.3) is 0 Å². The van der Waals surface area contributed by atoms with E-state index in [9.17, 15) is 13.2 Å². The summed E-state index contributed by atoms with van der Waals surface area (Å²) in [5, 5.41) is 2.89. The van der Waals surface area contributed by atoms with Crippen LogP contribution in [0.3, 0.4) is 0 Å².